The minimum atomic E-state index is -0.559. The third-order valence-electron chi connectivity index (χ3n) is 4.46. The number of carbonyl (C=O) groups excluding carboxylic acids is 1. The number of carbonyl (C=O) groups is 1. The molecule has 122 valence electrons. The molecular weight excluding hydrogens is 280 g/mol. The lowest BCUT2D eigenvalue weighted by Gasteiger charge is -2.29. The second-order valence-corrected chi connectivity index (χ2v) is 5.91. The molecule has 0 aliphatic carbocycles. The maximum atomic E-state index is 11.6. The smallest absolute Gasteiger partial charge is 0.221 e. The molecule has 1 amide bonds. The first kappa shape index (κ1) is 16.9. The van der Waals surface area contributed by atoms with Gasteiger partial charge in [0.1, 0.15) is 0 Å². The van der Waals surface area contributed by atoms with Gasteiger partial charge in [0.05, 0.1) is 18.8 Å². The highest BCUT2D eigenvalue weighted by molar-refractivity contribution is 5.76. The van der Waals surface area contributed by atoms with Gasteiger partial charge in [0.25, 0.3) is 0 Å². The summed E-state index contributed by atoms with van der Waals surface area (Å²) >= 11 is 0. The van der Waals surface area contributed by atoms with Crippen molar-refractivity contribution >= 4 is 5.91 Å². The zero-order valence-electron chi connectivity index (χ0n) is 13.1. The summed E-state index contributed by atoms with van der Waals surface area (Å²) in [6.07, 6.45) is 2.26. The van der Waals surface area contributed by atoms with Crippen LogP contribution in [0.5, 0.6) is 0 Å². The number of aryl methyl sites for hydroxylation is 1. The molecule has 0 aromatic heterocycles. The van der Waals surface area contributed by atoms with Crippen molar-refractivity contribution in [1.82, 2.24) is 10.2 Å². The van der Waals surface area contributed by atoms with Crippen molar-refractivity contribution < 1.29 is 15.0 Å². The standard InChI is InChI=1S/C17H26N2O3/c1-18-17(22)11-14-10-16(21)15(12-20)19(14)9-5-8-13-6-3-2-4-7-13/h2-4,6-7,14-16,20-21H,5,8-12H2,1H3,(H,18,22)/t14-,15+,16-/m0/s1. The molecule has 1 aromatic rings. The molecule has 0 spiro atoms. The summed E-state index contributed by atoms with van der Waals surface area (Å²) < 4.78 is 0. The number of rotatable bonds is 7. The molecule has 1 saturated heterocycles. The number of hydrogen-bond donors (Lipinski definition) is 3. The molecule has 5 nitrogen and oxygen atoms in total. The van der Waals surface area contributed by atoms with Gasteiger partial charge in [-0.25, -0.2) is 0 Å². The summed E-state index contributed by atoms with van der Waals surface area (Å²) in [6.45, 7) is 0.704. The summed E-state index contributed by atoms with van der Waals surface area (Å²) in [6, 6.07) is 10.0. The number of benzene rings is 1. The molecule has 1 aliphatic heterocycles. The van der Waals surface area contributed by atoms with Gasteiger partial charge in [-0.1, -0.05) is 30.3 Å². The Hall–Kier alpha value is -1.43. The van der Waals surface area contributed by atoms with E-state index in [2.05, 4.69) is 22.3 Å². The van der Waals surface area contributed by atoms with Crippen LogP contribution in [0.1, 0.15) is 24.8 Å². The molecule has 1 aliphatic rings. The Kier molecular flexibility index (Phi) is 6.36. The highest BCUT2D eigenvalue weighted by atomic mass is 16.3. The normalized spacial score (nSPS) is 25.3. The summed E-state index contributed by atoms with van der Waals surface area (Å²) in [4.78, 5) is 13.7. The largest absolute Gasteiger partial charge is 0.395 e. The van der Waals surface area contributed by atoms with Crippen molar-refractivity contribution in [1.29, 1.82) is 0 Å². The quantitative estimate of drug-likeness (QED) is 0.688. The van der Waals surface area contributed by atoms with Crippen LogP contribution in [0.2, 0.25) is 0 Å². The monoisotopic (exact) mass is 306 g/mol. The predicted octanol–water partition coefficient (Wildman–Crippen LogP) is 0.551. The zero-order valence-corrected chi connectivity index (χ0v) is 13.1. The molecule has 0 bridgehead atoms. The first-order valence-electron chi connectivity index (χ1n) is 7.95. The Labute approximate surface area is 131 Å². The average molecular weight is 306 g/mol. The second kappa shape index (κ2) is 8.27. The highest BCUT2D eigenvalue weighted by Gasteiger charge is 2.40. The van der Waals surface area contributed by atoms with Crippen LogP contribution in [0.15, 0.2) is 30.3 Å². The van der Waals surface area contributed by atoms with E-state index in [0.29, 0.717) is 12.8 Å². The fourth-order valence-electron chi connectivity index (χ4n) is 3.27. The number of aliphatic hydroxyl groups is 2. The topological polar surface area (TPSA) is 72.8 Å². The van der Waals surface area contributed by atoms with E-state index in [9.17, 15) is 15.0 Å². The Balaban J connectivity index is 1.92. The van der Waals surface area contributed by atoms with E-state index in [1.54, 1.807) is 7.05 Å². The van der Waals surface area contributed by atoms with Gasteiger partial charge in [-0.15, -0.1) is 0 Å². The molecule has 0 saturated carbocycles. The number of likely N-dealkylation sites (tertiary alicyclic amines) is 1. The van der Waals surface area contributed by atoms with Gasteiger partial charge in [0.2, 0.25) is 5.91 Å². The maximum absolute atomic E-state index is 11.6. The molecule has 3 atom stereocenters. The molecule has 22 heavy (non-hydrogen) atoms. The molecule has 1 aromatic carbocycles. The Morgan fingerprint density at radius 1 is 1.36 bits per heavy atom. The zero-order chi connectivity index (χ0) is 15.9. The van der Waals surface area contributed by atoms with Gasteiger partial charge in [0, 0.05) is 19.5 Å². The molecule has 1 fully saturated rings. The van der Waals surface area contributed by atoms with Crippen LogP contribution in [0.3, 0.4) is 0 Å². The third kappa shape index (κ3) is 4.29. The molecule has 1 heterocycles. The molecule has 5 heteroatoms. The fourth-order valence-corrected chi connectivity index (χ4v) is 3.27. The second-order valence-electron chi connectivity index (χ2n) is 5.91. The van der Waals surface area contributed by atoms with Crippen molar-refractivity contribution in [2.24, 2.45) is 0 Å². The molecule has 0 radical (unpaired) electrons. The molecule has 0 unspecified atom stereocenters. The van der Waals surface area contributed by atoms with Crippen molar-refractivity contribution in [2.45, 2.75) is 43.9 Å². The third-order valence-corrected chi connectivity index (χ3v) is 4.46. The van der Waals surface area contributed by atoms with Gasteiger partial charge in [-0.2, -0.15) is 0 Å². The SMILES string of the molecule is CNC(=O)C[C@@H]1C[C@H](O)[C@@H](CO)N1CCCc1ccccc1. The van der Waals surface area contributed by atoms with E-state index in [4.69, 9.17) is 0 Å². The first-order valence-corrected chi connectivity index (χ1v) is 7.95. The van der Waals surface area contributed by atoms with Crippen LogP contribution < -0.4 is 5.32 Å². The van der Waals surface area contributed by atoms with Gasteiger partial charge < -0.3 is 15.5 Å². The lowest BCUT2D eigenvalue weighted by Crippen LogP contribution is -2.43. The van der Waals surface area contributed by atoms with Crippen molar-refractivity contribution in [3.8, 4) is 0 Å². The molecular formula is C17H26N2O3. The van der Waals surface area contributed by atoms with Gasteiger partial charge in [-0.3, -0.25) is 9.69 Å². The van der Waals surface area contributed by atoms with E-state index in [-0.39, 0.29) is 24.6 Å². The van der Waals surface area contributed by atoms with Crippen LogP contribution in [0.25, 0.3) is 0 Å². The molecule has 2 rings (SSSR count). The predicted molar refractivity (Wildman–Crippen MR) is 85.4 cm³/mol. The van der Waals surface area contributed by atoms with Crippen LogP contribution in [0.4, 0.5) is 0 Å². The number of aliphatic hydroxyl groups excluding tert-OH is 2. The van der Waals surface area contributed by atoms with Crippen LogP contribution in [0, 0.1) is 0 Å². The van der Waals surface area contributed by atoms with E-state index < -0.39 is 6.10 Å². The first-order chi connectivity index (χ1) is 10.7. The van der Waals surface area contributed by atoms with Gasteiger partial charge in [0.15, 0.2) is 0 Å². The highest BCUT2D eigenvalue weighted by Crippen LogP contribution is 2.27. The summed E-state index contributed by atoms with van der Waals surface area (Å²) in [5.74, 6) is -0.0242. The summed E-state index contributed by atoms with van der Waals surface area (Å²) in [7, 11) is 1.62. The van der Waals surface area contributed by atoms with E-state index in [1.807, 2.05) is 18.2 Å². The summed E-state index contributed by atoms with van der Waals surface area (Å²) in [5.41, 5.74) is 1.28. The van der Waals surface area contributed by atoms with Gasteiger partial charge >= 0.3 is 0 Å². The number of nitrogens with zero attached hydrogens (tertiary/aromatic N) is 1. The lowest BCUT2D eigenvalue weighted by atomic mass is 10.1. The minimum absolute atomic E-state index is 0.00266. The van der Waals surface area contributed by atoms with E-state index in [1.165, 1.54) is 5.56 Å². The number of nitrogens with one attached hydrogen (secondary N) is 1. The van der Waals surface area contributed by atoms with Crippen LogP contribution in [-0.2, 0) is 11.2 Å². The van der Waals surface area contributed by atoms with Crippen molar-refractivity contribution in [2.75, 3.05) is 20.2 Å². The van der Waals surface area contributed by atoms with Crippen molar-refractivity contribution in [3.63, 3.8) is 0 Å². The van der Waals surface area contributed by atoms with Crippen LogP contribution in [-0.4, -0.2) is 59.4 Å². The summed E-state index contributed by atoms with van der Waals surface area (Å²) in [5, 5.41) is 22.3. The molecule has 3 N–H and O–H groups in total. The minimum Gasteiger partial charge on any atom is -0.395 e. The maximum Gasteiger partial charge on any atom is 0.221 e. The fraction of sp³-hybridized carbons (Fsp3) is 0.588. The number of hydrogen-bond acceptors (Lipinski definition) is 4. The van der Waals surface area contributed by atoms with Crippen molar-refractivity contribution in [3.05, 3.63) is 35.9 Å². The Morgan fingerprint density at radius 2 is 2.09 bits per heavy atom. The average Bonchev–Trinajstić information content (AvgIpc) is 2.83. The van der Waals surface area contributed by atoms with E-state index >= 15 is 0 Å². The number of amides is 1. The Bertz CT molecular complexity index is 466. The lowest BCUT2D eigenvalue weighted by molar-refractivity contribution is -0.121. The van der Waals surface area contributed by atoms with Crippen LogP contribution >= 0.6 is 0 Å². The van der Waals surface area contributed by atoms with Gasteiger partial charge in [-0.05, 0) is 31.4 Å². The van der Waals surface area contributed by atoms with E-state index in [0.717, 1.165) is 19.4 Å². The Morgan fingerprint density at radius 3 is 2.73 bits per heavy atom.